The van der Waals surface area contributed by atoms with Gasteiger partial charge in [-0.25, -0.2) is 14.8 Å². The molecule has 9 nitrogen and oxygen atoms in total. The molecule has 2 aliphatic rings. The van der Waals surface area contributed by atoms with E-state index in [0.29, 0.717) is 19.0 Å². The number of para-hydroxylation sites is 1. The molecule has 0 bridgehead atoms. The molecule has 2 aliphatic heterocycles. The lowest BCUT2D eigenvalue weighted by Crippen LogP contribution is -2.55. The normalized spacial score (nSPS) is 18.1. The van der Waals surface area contributed by atoms with E-state index < -0.39 is 47.4 Å². The fraction of sp³-hybridized carbons (Fsp3) is 0.350. The number of anilines is 2. The number of alkyl halides is 3. The average molecular weight is 448 g/mol. The summed E-state index contributed by atoms with van der Waals surface area (Å²) in [6.45, 7) is 0.133. The molecule has 1 aromatic heterocycles. The molecule has 2 saturated heterocycles. The molecular weight excluding hydrogens is 429 g/mol. The Kier molecular flexibility index (Phi) is 5.45. The molecule has 12 heteroatoms. The van der Waals surface area contributed by atoms with Crippen LogP contribution in [0.1, 0.15) is 18.4 Å². The zero-order valence-electron chi connectivity index (χ0n) is 16.7. The number of urea groups is 1. The van der Waals surface area contributed by atoms with Crippen molar-refractivity contribution < 1.29 is 27.6 Å². The number of nitrogens with one attached hydrogen (secondary N) is 2. The molecule has 0 aliphatic carbocycles. The molecule has 2 fully saturated rings. The van der Waals surface area contributed by atoms with E-state index in [-0.39, 0.29) is 12.8 Å². The van der Waals surface area contributed by atoms with Crippen molar-refractivity contribution in [3.05, 3.63) is 48.3 Å². The van der Waals surface area contributed by atoms with E-state index in [9.17, 15) is 27.6 Å². The molecule has 0 unspecified atom stereocenters. The lowest BCUT2D eigenvalue weighted by molar-refractivity contribution is -0.137. The summed E-state index contributed by atoms with van der Waals surface area (Å²) in [5, 5.41) is 4.80. The minimum Gasteiger partial charge on any atom is -0.341 e. The number of imide groups is 1. The van der Waals surface area contributed by atoms with Crippen molar-refractivity contribution in [1.29, 1.82) is 0 Å². The summed E-state index contributed by atoms with van der Waals surface area (Å²) in [6.07, 6.45) is -0.889. The monoisotopic (exact) mass is 448 g/mol. The van der Waals surface area contributed by atoms with E-state index in [2.05, 4.69) is 20.6 Å². The minimum absolute atomic E-state index is 0.283. The summed E-state index contributed by atoms with van der Waals surface area (Å²) >= 11 is 0. The van der Waals surface area contributed by atoms with Crippen LogP contribution in [0.5, 0.6) is 0 Å². The van der Waals surface area contributed by atoms with Crippen molar-refractivity contribution in [1.82, 2.24) is 20.2 Å². The number of hydrogen-bond acceptors (Lipinski definition) is 6. The standard InChI is InChI=1S/C20H19F3N6O3/c21-20(22,23)13-4-1-2-5-14(13)26-15(30)12-29-16(31)19(27-18(29)32)6-10-28(11-7-19)17-24-8-3-9-25-17/h1-5,8-9H,6-7,10-12H2,(H,26,30)(H,27,32). The van der Waals surface area contributed by atoms with E-state index in [1.165, 1.54) is 12.1 Å². The van der Waals surface area contributed by atoms with E-state index in [1.54, 1.807) is 18.5 Å². The van der Waals surface area contributed by atoms with Gasteiger partial charge >= 0.3 is 12.2 Å². The zero-order valence-corrected chi connectivity index (χ0v) is 16.7. The zero-order chi connectivity index (χ0) is 22.9. The molecule has 2 aromatic rings. The van der Waals surface area contributed by atoms with Crippen molar-refractivity contribution in [3.8, 4) is 0 Å². The molecule has 3 heterocycles. The van der Waals surface area contributed by atoms with Crippen LogP contribution >= 0.6 is 0 Å². The van der Waals surface area contributed by atoms with E-state index >= 15 is 0 Å². The summed E-state index contributed by atoms with van der Waals surface area (Å²) in [6, 6.07) is 5.42. The van der Waals surface area contributed by atoms with Crippen molar-refractivity contribution in [2.75, 3.05) is 29.9 Å². The third kappa shape index (κ3) is 4.07. The Morgan fingerprint density at radius 3 is 2.41 bits per heavy atom. The Balaban J connectivity index is 1.41. The van der Waals surface area contributed by atoms with E-state index in [0.717, 1.165) is 17.0 Å². The van der Waals surface area contributed by atoms with Crippen LogP contribution < -0.4 is 15.5 Å². The smallest absolute Gasteiger partial charge is 0.341 e. The highest BCUT2D eigenvalue weighted by atomic mass is 19.4. The minimum atomic E-state index is -4.66. The van der Waals surface area contributed by atoms with Gasteiger partial charge in [-0.3, -0.25) is 14.5 Å². The summed E-state index contributed by atoms with van der Waals surface area (Å²) in [7, 11) is 0. The second-order valence-corrected chi connectivity index (χ2v) is 7.53. The van der Waals surface area contributed by atoms with Crippen LogP contribution in [-0.4, -0.2) is 57.9 Å². The van der Waals surface area contributed by atoms with Crippen LogP contribution in [0.25, 0.3) is 0 Å². The van der Waals surface area contributed by atoms with Gasteiger partial charge in [0.15, 0.2) is 0 Å². The van der Waals surface area contributed by atoms with Gasteiger partial charge in [-0.05, 0) is 31.0 Å². The molecule has 4 rings (SSSR count). The Labute approximate surface area is 180 Å². The van der Waals surface area contributed by atoms with Crippen molar-refractivity contribution in [2.24, 2.45) is 0 Å². The number of benzene rings is 1. The fourth-order valence-corrected chi connectivity index (χ4v) is 3.87. The predicted molar refractivity (Wildman–Crippen MR) is 107 cm³/mol. The van der Waals surface area contributed by atoms with Crippen LogP contribution in [0.4, 0.5) is 29.6 Å². The quantitative estimate of drug-likeness (QED) is 0.693. The van der Waals surface area contributed by atoms with Crippen molar-refractivity contribution in [2.45, 2.75) is 24.6 Å². The number of carbonyl (C=O) groups excluding carboxylic acids is 3. The number of amides is 4. The molecule has 32 heavy (non-hydrogen) atoms. The Morgan fingerprint density at radius 1 is 1.09 bits per heavy atom. The number of carbonyl (C=O) groups is 3. The SMILES string of the molecule is O=C(CN1C(=O)NC2(CCN(c3ncccn3)CC2)C1=O)Nc1ccccc1C(F)(F)F. The second kappa shape index (κ2) is 8.09. The van der Waals surface area contributed by atoms with Gasteiger partial charge in [0.1, 0.15) is 12.1 Å². The maximum Gasteiger partial charge on any atom is 0.418 e. The first kappa shape index (κ1) is 21.5. The predicted octanol–water partition coefficient (Wildman–Crippen LogP) is 2.02. The summed E-state index contributed by atoms with van der Waals surface area (Å²) in [5.41, 5.74) is -2.62. The first-order chi connectivity index (χ1) is 15.2. The van der Waals surface area contributed by atoms with E-state index in [1.807, 2.05) is 4.90 Å². The van der Waals surface area contributed by atoms with Crippen LogP contribution in [-0.2, 0) is 15.8 Å². The lowest BCUT2D eigenvalue weighted by atomic mass is 9.87. The molecule has 1 spiro atoms. The largest absolute Gasteiger partial charge is 0.418 e. The van der Waals surface area contributed by atoms with Crippen LogP contribution in [0.15, 0.2) is 42.7 Å². The van der Waals surface area contributed by atoms with Gasteiger partial charge in [-0.2, -0.15) is 13.2 Å². The highest BCUT2D eigenvalue weighted by Gasteiger charge is 2.53. The third-order valence-corrected chi connectivity index (χ3v) is 5.51. The maximum atomic E-state index is 13.1. The summed E-state index contributed by atoms with van der Waals surface area (Å²) < 4.78 is 39.4. The van der Waals surface area contributed by atoms with Crippen LogP contribution in [0.2, 0.25) is 0 Å². The molecule has 0 atom stereocenters. The number of rotatable bonds is 4. The van der Waals surface area contributed by atoms with Gasteiger partial charge in [-0.1, -0.05) is 12.1 Å². The number of halogens is 3. The average Bonchev–Trinajstić information content (AvgIpc) is 2.98. The van der Waals surface area contributed by atoms with Crippen molar-refractivity contribution in [3.63, 3.8) is 0 Å². The molecule has 4 amide bonds. The molecule has 0 saturated carbocycles. The topological polar surface area (TPSA) is 108 Å². The number of hydrogen-bond donors (Lipinski definition) is 2. The molecule has 2 N–H and O–H groups in total. The first-order valence-electron chi connectivity index (χ1n) is 9.82. The number of piperidine rings is 1. The lowest BCUT2D eigenvalue weighted by Gasteiger charge is -2.37. The first-order valence-corrected chi connectivity index (χ1v) is 9.82. The highest BCUT2D eigenvalue weighted by molar-refractivity contribution is 6.10. The van der Waals surface area contributed by atoms with Crippen LogP contribution in [0.3, 0.4) is 0 Å². The van der Waals surface area contributed by atoms with Gasteiger partial charge < -0.3 is 15.5 Å². The Hall–Kier alpha value is -3.70. The summed E-state index contributed by atoms with van der Waals surface area (Å²) in [5.74, 6) is -0.966. The van der Waals surface area contributed by atoms with Gasteiger partial charge in [0.05, 0.1) is 11.3 Å². The number of nitrogens with zero attached hydrogens (tertiary/aromatic N) is 4. The Bertz CT molecular complexity index is 1040. The molecule has 0 radical (unpaired) electrons. The molecule has 1 aromatic carbocycles. The second-order valence-electron chi connectivity index (χ2n) is 7.53. The Morgan fingerprint density at radius 2 is 1.75 bits per heavy atom. The van der Waals surface area contributed by atoms with E-state index in [4.69, 9.17) is 0 Å². The fourth-order valence-electron chi connectivity index (χ4n) is 3.87. The third-order valence-electron chi connectivity index (χ3n) is 5.51. The van der Waals surface area contributed by atoms with Gasteiger partial charge in [0.25, 0.3) is 5.91 Å². The van der Waals surface area contributed by atoms with Crippen LogP contribution in [0, 0.1) is 0 Å². The highest BCUT2D eigenvalue weighted by Crippen LogP contribution is 2.35. The van der Waals surface area contributed by atoms with Gasteiger partial charge in [-0.15, -0.1) is 0 Å². The van der Waals surface area contributed by atoms with Gasteiger partial charge in [0.2, 0.25) is 11.9 Å². The van der Waals surface area contributed by atoms with Crippen molar-refractivity contribution >= 4 is 29.5 Å². The van der Waals surface area contributed by atoms with Gasteiger partial charge in [0, 0.05) is 25.5 Å². The molecular formula is C20H19F3N6O3. The maximum absolute atomic E-state index is 13.1. The summed E-state index contributed by atoms with van der Waals surface area (Å²) in [4.78, 5) is 48.7. The number of aromatic nitrogens is 2. The molecule has 168 valence electrons.